The van der Waals surface area contributed by atoms with Gasteiger partial charge in [-0.15, -0.1) is 0 Å². The predicted molar refractivity (Wildman–Crippen MR) is 101 cm³/mol. The molecule has 0 radical (unpaired) electrons. The van der Waals surface area contributed by atoms with Crippen molar-refractivity contribution < 1.29 is 22.8 Å². The Labute approximate surface area is 162 Å². The minimum Gasteiger partial charge on any atom is -0.326 e. The standard InChI is InChI=1S/C22H22F3NO2/c1-2-3-4-14-5-10-17-19(13-14)18(11-12-20(17)27)21(28)26-16-8-6-15(7-9-16)22(23,24)25/h5-10,13,18H,2-4,11-12H2,1H3,(H,26,28). The second kappa shape index (κ2) is 8.17. The molecule has 0 heterocycles. The number of carbonyl (C=O) groups is 2. The third-order valence-electron chi connectivity index (χ3n) is 5.07. The zero-order chi connectivity index (χ0) is 20.3. The van der Waals surface area contributed by atoms with Crippen molar-refractivity contribution in [2.24, 2.45) is 0 Å². The van der Waals surface area contributed by atoms with Gasteiger partial charge in [-0.3, -0.25) is 9.59 Å². The van der Waals surface area contributed by atoms with Crippen molar-refractivity contribution in [3.63, 3.8) is 0 Å². The van der Waals surface area contributed by atoms with Gasteiger partial charge in [0.25, 0.3) is 0 Å². The molecule has 0 spiro atoms. The van der Waals surface area contributed by atoms with Crippen molar-refractivity contribution in [2.75, 3.05) is 5.32 Å². The van der Waals surface area contributed by atoms with E-state index in [1.807, 2.05) is 12.1 Å². The number of amides is 1. The SMILES string of the molecule is CCCCc1ccc2c(c1)C(C(=O)Nc1ccc(C(F)(F)F)cc1)CCC2=O. The van der Waals surface area contributed by atoms with Crippen LogP contribution in [0.3, 0.4) is 0 Å². The number of nitrogens with one attached hydrogen (secondary N) is 1. The highest BCUT2D eigenvalue weighted by atomic mass is 19.4. The van der Waals surface area contributed by atoms with Gasteiger partial charge in [0.1, 0.15) is 0 Å². The lowest BCUT2D eigenvalue weighted by atomic mass is 9.80. The highest BCUT2D eigenvalue weighted by Crippen LogP contribution is 2.34. The van der Waals surface area contributed by atoms with Gasteiger partial charge in [0.05, 0.1) is 11.5 Å². The van der Waals surface area contributed by atoms with E-state index in [-0.39, 0.29) is 18.1 Å². The number of rotatable bonds is 5. The Kier molecular flexibility index (Phi) is 5.87. The van der Waals surface area contributed by atoms with Crippen LogP contribution >= 0.6 is 0 Å². The van der Waals surface area contributed by atoms with Crippen LogP contribution in [0, 0.1) is 0 Å². The first-order valence-corrected chi connectivity index (χ1v) is 9.43. The van der Waals surface area contributed by atoms with Crippen molar-refractivity contribution in [2.45, 2.75) is 51.1 Å². The van der Waals surface area contributed by atoms with Crippen LogP contribution in [-0.4, -0.2) is 11.7 Å². The maximum atomic E-state index is 12.8. The second-order valence-corrected chi connectivity index (χ2v) is 7.10. The van der Waals surface area contributed by atoms with Crippen LogP contribution in [0.15, 0.2) is 42.5 Å². The molecular weight excluding hydrogens is 367 g/mol. The number of ketones is 1. The summed E-state index contributed by atoms with van der Waals surface area (Å²) in [6.45, 7) is 2.10. The fourth-order valence-corrected chi connectivity index (χ4v) is 3.50. The number of Topliss-reactive ketones (excluding diaryl/α,β-unsaturated/α-hetero) is 1. The first kappa shape index (κ1) is 20.1. The number of unbranched alkanes of at least 4 members (excludes halogenated alkanes) is 1. The van der Waals surface area contributed by atoms with Crippen molar-refractivity contribution in [3.05, 3.63) is 64.7 Å². The van der Waals surface area contributed by atoms with E-state index >= 15 is 0 Å². The van der Waals surface area contributed by atoms with Gasteiger partial charge in [-0.25, -0.2) is 0 Å². The van der Waals surface area contributed by atoms with E-state index in [2.05, 4.69) is 12.2 Å². The molecule has 1 aliphatic rings. The molecule has 1 atom stereocenters. The molecular formula is C22H22F3NO2. The number of anilines is 1. The number of fused-ring (bicyclic) bond motifs is 1. The Morgan fingerprint density at radius 1 is 1.14 bits per heavy atom. The van der Waals surface area contributed by atoms with E-state index in [0.717, 1.165) is 37.0 Å². The van der Waals surface area contributed by atoms with Crippen LogP contribution in [0.25, 0.3) is 0 Å². The summed E-state index contributed by atoms with van der Waals surface area (Å²) in [6, 6.07) is 10.0. The zero-order valence-electron chi connectivity index (χ0n) is 15.6. The summed E-state index contributed by atoms with van der Waals surface area (Å²) in [5, 5.41) is 2.69. The fraction of sp³-hybridized carbons (Fsp3) is 0.364. The summed E-state index contributed by atoms with van der Waals surface area (Å²) in [4.78, 5) is 25.0. The van der Waals surface area contributed by atoms with Crippen LogP contribution in [0.2, 0.25) is 0 Å². The maximum absolute atomic E-state index is 12.8. The van der Waals surface area contributed by atoms with Gasteiger partial charge < -0.3 is 5.32 Å². The highest BCUT2D eigenvalue weighted by molar-refractivity contribution is 6.04. The number of carbonyl (C=O) groups excluding carboxylic acids is 2. The number of hydrogen-bond donors (Lipinski definition) is 1. The van der Waals surface area contributed by atoms with Crippen molar-refractivity contribution in [3.8, 4) is 0 Å². The Balaban J connectivity index is 1.81. The number of hydrogen-bond acceptors (Lipinski definition) is 2. The summed E-state index contributed by atoms with van der Waals surface area (Å²) in [7, 11) is 0. The Morgan fingerprint density at radius 3 is 2.50 bits per heavy atom. The van der Waals surface area contributed by atoms with Gasteiger partial charge in [0, 0.05) is 17.7 Å². The first-order valence-electron chi connectivity index (χ1n) is 9.43. The lowest BCUT2D eigenvalue weighted by Gasteiger charge is -2.25. The molecule has 2 aromatic carbocycles. The highest BCUT2D eigenvalue weighted by Gasteiger charge is 2.32. The van der Waals surface area contributed by atoms with E-state index in [0.29, 0.717) is 23.2 Å². The van der Waals surface area contributed by atoms with E-state index in [9.17, 15) is 22.8 Å². The van der Waals surface area contributed by atoms with Crippen molar-refractivity contribution >= 4 is 17.4 Å². The Bertz CT molecular complexity index is 872. The summed E-state index contributed by atoms with van der Waals surface area (Å²) >= 11 is 0. The summed E-state index contributed by atoms with van der Waals surface area (Å²) in [5.74, 6) is -0.770. The molecule has 0 fully saturated rings. The lowest BCUT2D eigenvalue weighted by Crippen LogP contribution is -2.27. The molecule has 1 amide bonds. The van der Waals surface area contributed by atoms with Crippen LogP contribution in [-0.2, 0) is 17.4 Å². The van der Waals surface area contributed by atoms with Crippen LogP contribution in [0.1, 0.15) is 65.6 Å². The molecule has 0 saturated carbocycles. The van der Waals surface area contributed by atoms with E-state index < -0.39 is 17.7 Å². The number of halogens is 3. The quantitative estimate of drug-likeness (QED) is 0.708. The van der Waals surface area contributed by atoms with E-state index in [4.69, 9.17) is 0 Å². The number of alkyl halides is 3. The van der Waals surface area contributed by atoms with Gasteiger partial charge in [-0.05, 0) is 54.7 Å². The molecule has 0 aromatic heterocycles. The average molecular weight is 389 g/mol. The molecule has 2 aromatic rings. The average Bonchev–Trinajstić information content (AvgIpc) is 2.66. The van der Waals surface area contributed by atoms with E-state index in [1.165, 1.54) is 12.1 Å². The molecule has 1 aliphatic carbocycles. The second-order valence-electron chi connectivity index (χ2n) is 7.10. The molecule has 3 nitrogen and oxygen atoms in total. The molecule has 0 bridgehead atoms. The van der Waals surface area contributed by atoms with Gasteiger partial charge in [0.15, 0.2) is 5.78 Å². The third kappa shape index (κ3) is 4.43. The van der Waals surface area contributed by atoms with Crippen LogP contribution in [0.4, 0.5) is 18.9 Å². The Hall–Kier alpha value is -2.63. The molecule has 6 heteroatoms. The molecule has 3 rings (SSSR count). The largest absolute Gasteiger partial charge is 0.416 e. The summed E-state index contributed by atoms with van der Waals surface area (Å²) in [6.07, 6.45) is -0.781. The predicted octanol–water partition coefficient (Wildman–Crippen LogP) is 5.75. The topological polar surface area (TPSA) is 46.2 Å². The van der Waals surface area contributed by atoms with Crippen LogP contribution < -0.4 is 5.32 Å². The van der Waals surface area contributed by atoms with Gasteiger partial charge in [-0.2, -0.15) is 13.2 Å². The zero-order valence-corrected chi connectivity index (χ0v) is 15.6. The minimum atomic E-state index is -4.42. The van der Waals surface area contributed by atoms with Crippen molar-refractivity contribution in [1.82, 2.24) is 0 Å². The molecule has 0 aliphatic heterocycles. The molecule has 1 N–H and O–H groups in total. The monoisotopic (exact) mass is 389 g/mol. The van der Waals surface area contributed by atoms with Crippen LogP contribution in [0.5, 0.6) is 0 Å². The smallest absolute Gasteiger partial charge is 0.326 e. The third-order valence-corrected chi connectivity index (χ3v) is 5.07. The molecule has 28 heavy (non-hydrogen) atoms. The number of aryl methyl sites for hydroxylation is 1. The van der Waals surface area contributed by atoms with E-state index in [1.54, 1.807) is 6.07 Å². The maximum Gasteiger partial charge on any atom is 0.416 e. The molecule has 0 saturated heterocycles. The lowest BCUT2D eigenvalue weighted by molar-refractivity contribution is -0.137. The van der Waals surface area contributed by atoms with Gasteiger partial charge >= 0.3 is 6.18 Å². The van der Waals surface area contributed by atoms with Gasteiger partial charge in [0.2, 0.25) is 5.91 Å². The minimum absolute atomic E-state index is 0.0237. The van der Waals surface area contributed by atoms with Crippen molar-refractivity contribution in [1.29, 1.82) is 0 Å². The molecule has 148 valence electrons. The Morgan fingerprint density at radius 2 is 1.86 bits per heavy atom. The van der Waals surface area contributed by atoms with Gasteiger partial charge in [-0.1, -0.05) is 31.5 Å². The fourth-order valence-electron chi connectivity index (χ4n) is 3.50. The molecule has 1 unspecified atom stereocenters. The number of benzene rings is 2. The first-order chi connectivity index (χ1) is 13.3. The normalized spacial score (nSPS) is 16.6. The summed E-state index contributed by atoms with van der Waals surface area (Å²) in [5.41, 5.74) is 1.91. The summed E-state index contributed by atoms with van der Waals surface area (Å²) < 4.78 is 38.0.